The van der Waals surface area contributed by atoms with Crippen LogP contribution < -0.4 is 0 Å². The maximum atomic E-state index is 10.5. The van der Waals surface area contributed by atoms with Crippen molar-refractivity contribution in [2.45, 2.75) is 20.3 Å². The third kappa shape index (κ3) is 4.16. The van der Waals surface area contributed by atoms with Gasteiger partial charge in [0, 0.05) is 0 Å². The molecular weight excluding hydrogens is 108 g/mol. The quantitative estimate of drug-likeness (QED) is 0.513. The molecule has 0 aromatic heterocycles. The van der Waals surface area contributed by atoms with Crippen LogP contribution in [0.25, 0.3) is 0 Å². The second-order valence-corrected chi connectivity index (χ2v) is 3.30. The molecule has 0 unspecified atom stereocenters. The molecule has 0 fully saturated rings. The van der Waals surface area contributed by atoms with Crippen LogP contribution in [0.3, 0.4) is 0 Å². The van der Waals surface area contributed by atoms with Crippen LogP contribution in [0.5, 0.6) is 0 Å². The third-order valence-electron chi connectivity index (χ3n) is 0.754. The first-order valence-corrected chi connectivity index (χ1v) is 4.15. The maximum Gasteiger partial charge on any atom is 0.105 e. The van der Waals surface area contributed by atoms with E-state index in [-0.39, 0.29) is 0 Å². The Kier molecular flexibility index (Phi) is 4.67. The van der Waals surface area contributed by atoms with Gasteiger partial charge in [0.25, 0.3) is 0 Å². The summed E-state index contributed by atoms with van der Waals surface area (Å²) in [4.78, 5) is 0. The van der Waals surface area contributed by atoms with Crippen molar-refractivity contribution >= 4 is 11.2 Å². The van der Waals surface area contributed by atoms with Gasteiger partial charge in [0.1, 0.15) is 11.5 Å². The van der Waals surface area contributed by atoms with Crippen LogP contribution in [0, 0.1) is 0 Å². The van der Waals surface area contributed by atoms with E-state index in [4.69, 9.17) is 0 Å². The second-order valence-electron chi connectivity index (χ2n) is 1.43. The Morgan fingerprint density at radius 2 is 2.00 bits per heavy atom. The van der Waals surface area contributed by atoms with Crippen molar-refractivity contribution in [1.82, 2.24) is 0 Å². The van der Waals surface area contributed by atoms with Crippen molar-refractivity contribution in [2.75, 3.05) is 11.5 Å². The number of hydrogen-bond donors (Lipinski definition) is 0. The molecule has 0 aromatic carbocycles. The molecule has 0 N–H and O–H groups in total. The van der Waals surface area contributed by atoms with Gasteiger partial charge in [-0.1, -0.05) is 18.1 Å². The Morgan fingerprint density at radius 1 is 1.43 bits per heavy atom. The normalized spacial score (nSPS) is 14.1. The largest absolute Gasteiger partial charge is 0.616 e. The fraction of sp³-hybridized carbons (Fsp3) is 1.00. The molecule has 0 spiro atoms. The zero-order chi connectivity index (χ0) is 5.70. The fourth-order valence-corrected chi connectivity index (χ4v) is 1.12. The van der Waals surface area contributed by atoms with E-state index >= 15 is 0 Å². The monoisotopic (exact) mass is 120 g/mol. The average Bonchev–Trinajstić information content (AvgIpc) is 1.68. The molecule has 0 saturated heterocycles. The Labute approximate surface area is 48.3 Å². The van der Waals surface area contributed by atoms with Crippen LogP contribution in [-0.4, -0.2) is 16.1 Å². The summed E-state index contributed by atoms with van der Waals surface area (Å²) in [5.41, 5.74) is 0. The van der Waals surface area contributed by atoms with Crippen molar-refractivity contribution in [3.8, 4) is 0 Å². The summed E-state index contributed by atoms with van der Waals surface area (Å²) in [5.74, 6) is 1.68. The Bertz CT molecular complexity index is 39.1. The molecule has 1 atom stereocenters. The molecule has 0 saturated carbocycles. The highest BCUT2D eigenvalue weighted by molar-refractivity contribution is 7.91. The third-order valence-corrected chi connectivity index (χ3v) is 2.26. The van der Waals surface area contributed by atoms with Crippen LogP contribution in [-0.2, 0) is 11.2 Å². The topological polar surface area (TPSA) is 23.1 Å². The smallest absolute Gasteiger partial charge is 0.105 e. The lowest BCUT2D eigenvalue weighted by molar-refractivity contribution is 0.595. The second kappa shape index (κ2) is 4.47. The van der Waals surface area contributed by atoms with Crippen LogP contribution in [0.15, 0.2) is 0 Å². The van der Waals surface area contributed by atoms with Crippen molar-refractivity contribution in [1.29, 1.82) is 0 Å². The van der Waals surface area contributed by atoms with Gasteiger partial charge in [-0.2, -0.15) is 0 Å². The molecule has 1 nitrogen and oxygen atoms in total. The van der Waals surface area contributed by atoms with Crippen LogP contribution in [0.2, 0.25) is 0 Å². The summed E-state index contributed by atoms with van der Waals surface area (Å²) >= 11 is -0.527. The van der Waals surface area contributed by atoms with Gasteiger partial charge in [-0.3, -0.25) is 0 Å². The predicted octanol–water partition coefficient (Wildman–Crippen LogP) is 1.17. The van der Waals surface area contributed by atoms with Gasteiger partial charge in [-0.25, -0.2) is 0 Å². The van der Waals surface area contributed by atoms with Crippen molar-refractivity contribution in [3.63, 3.8) is 0 Å². The summed E-state index contributed by atoms with van der Waals surface area (Å²) in [5, 5.41) is 0. The SMILES string of the molecule is CCC[S@@+]([O-])CC. The number of rotatable bonds is 3. The highest BCUT2D eigenvalue weighted by atomic mass is 32.2. The lowest BCUT2D eigenvalue weighted by atomic mass is 10.6. The lowest BCUT2D eigenvalue weighted by Crippen LogP contribution is -2.06. The Hall–Kier alpha value is 0.310. The fourth-order valence-electron chi connectivity index (χ4n) is 0.372. The first kappa shape index (κ1) is 7.31. The zero-order valence-electron chi connectivity index (χ0n) is 4.94. The molecule has 0 radical (unpaired) electrons. The summed E-state index contributed by atoms with van der Waals surface area (Å²) in [6, 6.07) is 0. The van der Waals surface area contributed by atoms with Gasteiger partial charge in [0.15, 0.2) is 0 Å². The van der Waals surface area contributed by atoms with E-state index < -0.39 is 11.2 Å². The molecule has 44 valence electrons. The summed E-state index contributed by atoms with van der Waals surface area (Å²) in [6.07, 6.45) is 1.04. The van der Waals surface area contributed by atoms with E-state index in [1.807, 2.05) is 13.8 Å². The van der Waals surface area contributed by atoms with E-state index in [2.05, 4.69) is 0 Å². The minimum absolute atomic E-state index is 0.527. The summed E-state index contributed by atoms with van der Waals surface area (Å²) in [6.45, 7) is 4.00. The molecule has 0 rings (SSSR count). The van der Waals surface area contributed by atoms with Crippen LogP contribution >= 0.6 is 0 Å². The first-order chi connectivity index (χ1) is 3.31. The average molecular weight is 120 g/mol. The molecular formula is C5H12OS. The minimum Gasteiger partial charge on any atom is -0.616 e. The predicted molar refractivity (Wildman–Crippen MR) is 33.8 cm³/mol. The molecule has 0 aliphatic carbocycles. The van der Waals surface area contributed by atoms with Gasteiger partial charge in [-0.05, 0) is 13.3 Å². The highest BCUT2D eigenvalue weighted by Gasteiger charge is 1.95. The van der Waals surface area contributed by atoms with Crippen LogP contribution in [0.1, 0.15) is 20.3 Å². The molecule has 0 amide bonds. The van der Waals surface area contributed by atoms with Gasteiger partial charge in [0.05, 0.1) is 0 Å². The van der Waals surface area contributed by atoms with Gasteiger partial charge < -0.3 is 4.55 Å². The van der Waals surface area contributed by atoms with E-state index in [0.29, 0.717) is 0 Å². The first-order valence-electron chi connectivity index (χ1n) is 2.66. The van der Waals surface area contributed by atoms with Crippen molar-refractivity contribution in [3.05, 3.63) is 0 Å². The van der Waals surface area contributed by atoms with Crippen molar-refractivity contribution < 1.29 is 4.55 Å². The highest BCUT2D eigenvalue weighted by Crippen LogP contribution is 1.90. The van der Waals surface area contributed by atoms with Crippen molar-refractivity contribution in [2.24, 2.45) is 0 Å². The summed E-state index contributed by atoms with van der Waals surface area (Å²) in [7, 11) is 0. The molecule has 0 aliphatic rings. The van der Waals surface area contributed by atoms with E-state index in [0.717, 1.165) is 17.9 Å². The number of hydrogen-bond acceptors (Lipinski definition) is 1. The van der Waals surface area contributed by atoms with E-state index in [9.17, 15) is 4.55 Å². The summed E-state index contributed by atoms with van der Waals surface area (Å²) < 4.78 is 10.5. The molecule has 0 heterocycles. The minimum atomic E-state index is -0.527. The Morgan fingerprint density at radius 3 is 2.14 bits per heavy atom. The molecule has 7 heavy (non-hydrogen) atoms. The van der Waals surface area contributed by atoms with E-state index in [1.165, 1.54) is 0 Å². The molecule has 0 bridgehead atoms. The molecule has 0 aromatic rings. The molecule has 2 heteroatoms. The maximum absolute atomic E-state index is 10.5. The Balaban J connectivity index is 2.83. The standard InChI is InChI=1S/C5H12OS/c1-3-5-7(6)4-2/h3-5H2,1-2H3/t7-/m0/s1. The van der Waals surface area contributed by atoms with Gasteiger partial charge in [0.2, 0.25) is 0 Å². The zero-order valence-corrected chi connectivity index (χ0v) is 5.75. The molecule has 0 aliphatic heterocycles. The van der Waals surface area contributed by atoms with Gasteiger partial charge in [-0.15, -0.1) is 0 Å². The van der Waals surface area contributed by atoms with E-state index in [1.54, 1.807) is 0 Å². The lowest BCUT2D eigenvalue weighted by Gasteiger charge is -2.04. The van der Waals surface area contributed by atoms with Crippen LogP contribution in [0.4, 0.5) is 0 Å². The van der Waals surface area contributed by atoms with Gasteiger partial charge >= 0.3 is 0 Å².